The van der Waals surface area contributed by atoms with E-state index in [9.17, 15) is 14.4 Å². The second-order valence-electron chi connectivity index (χ2n) is 11.6. The van der Waals surface area contributed by atoms with Gasteiger partial charge in [-0.2, -0.15) is 0 Å². The molecule has 204 valence electrons. The van der Waals surface area contributed by atoms with Crippen molar-refractivity contribution in [1.82, 2.24) is 15.5 Å². The highest BCUT2D eigenvalue weighted by atomic mass is 16.6. The van der Waals surface area contributed by atoms with E-state index in [1.54, 1.807) is 25.7 Å². The van der Waals surface area contributed by atoms with Crippen LogP contribution in [0.2, 0.25) is 0 Å². The molecule has 3 amide bonds. The lowest BCUT2D eigenvalue weighted by Gasteiger charge is -2.38. The van der Waals surface area contributed by atoms with Crippen LogP contribution < -0.4 is 10.6 Å². The molecule has 3 atom stereocenters. The maximum absolute atomic E-state index is 14.1. The van der Waals surface area contributed by atoms with Crippen molar-refractivity contribution in [3.05, 3.63) is 34.9 Å². The molecule has 0 aliphatic heterocycles. The van der Waals surface area contributed by atoms with Crippen LogP contribution in [-0.2, 0) is 14.3 Å². The molecule has 7 nitrogen and oxygen atoms in total. The second kappa shape index (κ2) is 13.7. The van der Waals surface area contributed by atoms with Crippen LogP contribution in [0, 0.1) is 19.8 Å². The van der Waals surface area contributed by atoms with E-state index in [0.29, 0.717) is 6.42 Å². The van der Waals surface area contributed by atoms with Gasteiger partial charge in [-0.15, -0.1) is 0 Å². The Morgan fingerprint density at radius 2 is 1.58 bits per heavy atom. The lowest BCUT2D eigenvalue weighted by atomic mass is 9.95. The summed E-state index contributed by atoms with van der Waals surface area (Å²) in [5.74, 6) is -0.380. The van der Waals surface area contributed by atoms with Crippen molar-refractivity contribution in [3.8, 4) is 0 Å². The number of rotatable bonds is 11. The number of nitrogens with one attached hydrogen (secondary N) is 2. The summed E-state index contributed by atoms with van der Waals surface area (Å²) in [6.07, 6.45) is 1.57. The number of hydrogen-bond donors (Lipinski definition) is 2. The van der Waals surface area contributed by atoms with Crippen molar-refractivity contribution in [2.75, 3.05) is 0 Å². The molecule has 0 spiro atoms. The average molecular weight is 504 g/mol. The molecule has 0 radical (unpaired) electrons. The first kappa shape index (κ1) is 31.5. The molecule has 0 fully saturated rings. The summed E-state index contributed by atoms with van der Waals surface area (Å²) in [7, 11) is 0. The van der Waals surface area contributed by atoms with Crippen molar-refractivity contribution < 1.29 is 19.1 Å². The molecule has 1 aromatic rings. The van der Waals surface area contributed by atoms with Crippen LogP contribution in [-0.4, -0.2) is 46.5 Å². The van der Waals surface area contributed by atoms with Gasteiger partial charge >= 0.3 is 6.09 Å². The SMILES string of the molecule is CCCC(C)NC(=O)C(c1ccc(C)c(C)c1)N(C(=O)C(CC(C)C)NC(=O)OC(C)(C)C)C(C)C. The van der Waals surface area contributed by atoms with Gasteiger partial charge in [-0.25, -0.2) is 4.79 Å². The van der Waals surface area contributed by atoms with E-state index < -0.39 is 23.8 Å². The first-order valence-electron chi connectivity index (χ1n) is 13.3. The van der Waals surface area contributed by atoms with E-state index in [1.165, 1.54) is 0 Å². The van der Waals surface area contributed by atoms with Crippen LogP contribution in [0.25, 0.3) is 0 Å². The number of carbonyl (C=O) groups excluding carboxylic acids is 3. The normalized spacial score (nSPS) is 14.2. The summed E-state index contributed by atoms with van der Waals surface area (Å²) in [6.45, 7) is 21.2. The highest BCUT2D eigenvalue weighted by Crippen LogP contribution is 2.28. The molecule has 0 aliphatic rings. The van der Waals surface area contributed by atoms with Gasteiger partial charge in [-0.3, -0.25) is 9.59 Å². The van der Waals surface area contributed by atoms with Crippen LogP contribution in [0.3, 0.4) is 0 Å². The van der Waals surface area contributed by atoms with Gasteiger partial charge in [0.05, 0.1) is 0 Å². The van der Waals surface area contributed by atoms with Crippen LogP contribution in [0.1, 0.15) is 104 Å². The third-order valence-corrected chi connectivity index (χ3v) is 5.99. The van der Waals surface area contributed by atoms with Gasteiger partial charge in [-0.05, 0) is 90.8 Å². The maximum atomic E-state index is 14.1. The standard InChI is InChI=1S/C29H49N3O4/c1-12-13-22(8)30-26(33)25(23-15-14-20(6)21(7)17-23)32(19(4)5)27(34)24(16-18(2)3)31-28(35)36-29(9,10)11/h14-15,17-19,22,24-25H,12-13,16H2,1-11H3,(H,30,33)(H,31,35). The largest absolute Gasteiger partial charge is 0.444 e. The Bertz CT molecular complexity index is 889. The molecular weight excluding hydrogens is 454 g/mol. The second-order valence-corrected chi connectivity index (χ2v) is 11.6. The van der Waals surface area contributed by atoms with Crippen molar-refractivity contribution in [2.24, 2.45) is 5.92 Å². The van der Waals surface area contributed by atoms with Gasteiger partial charge < -0.3 is 20.3 Å². The van der Waals surface area contributed by atoms with Gasteiger partial charge in [0.25, 0.3) is 0 Å². The maximum Gasteiger partial charge on any atom is 0.408 e. The first-order chi connectivity index (χ1) is 16.6. The molecular formula is C29H49N3O4. The van der Waals surface area contributed by atoms with Gasteiger partial charge in [0.15, 0.2) is 0 Å². The molecule has 0 aromatic heterocycles. The highest BCUT2D eigenvalue weighted by Gasteiger charge is 2.38. The summed E-state index contributed by atoms with van der Waals surface area (Å²) in [6, 6.07) is 3.92. The van der Waals surface area contributed by atoms with Gasteiger partial charge in [0, 0.05) is 12.1 Å². The molecule has 0 bridgehead atoms. The summed E-state index contributed by atoms with van der Waals surface area (Å²) in [5, 5.41) is 5.89. The Balaban J connectivity index is 3.51. The highest BCUT2D eigenvalue weighted by molar-refractivity contribution is 5.92. The van der Waals surface area contributed by atoms with Crippen molar-refractivity contribution in [2.45, 2.75) is 125 Å². The summed E-state index contributed by atoms with van der Waals surface area (Å²) < 4.78 is 5.44. The van der Waals surface area contributed by atoms with Crippen LogP contribution in [0.4, 0.5) is 4.79 Å². The van der Waals surface area contributed by atoms with E-state index in [-0.39, 0.29) is 29.8 Å². The number of benzene rings is 1. The molecule has 36 heavy (non-hydrogen) atoms. The summed E-state index contributed by atoms with van der Waals surface area (Å²) in [5.41, 5.74) is 2.23. The molecule has 0 saturated heterocycles. The fraction of sp³-hybridized carbons (Fsp3) is 0.690. The predicted octanol–water partition coefficient (Wildman–Crippen LogP) is 5.83. The summed E-state index contributed by atoms with van der Waals surface area (Å²) >= 11 is 0. The van der Waals surface area contributed by atoms with Crippen molar-refractivity contribution >= 4 is 17.9 Å². The quantitative estimate of drug-likeness (QED) is 0.398. The van der Waals surface area contributed by atoms with Crippen LogP contribution >= 0.6 is 0 Å². The van der Waals surface area contributed by atoms with E-state index in [2.05, 4.69) is 17.6 Å². The van der Waals surface area contributed by atoms with E-state index >= 15 is 0 Å². The third kappa shape index (κ3) is 9.82. The van der Waals surface area contributed by atoms with Gasteiger partial charge in [0.1, 0.15) is 17.7 Å². The average Bonchev–Trinajstić information content (AvgIpc) is 2.71. The lowest BCUT2D eigenvalue weighted by Crippen LogP contribution is -2.55. The monoisotopic (exact) mass is 503 g/mol. The molecule has 2 N–H and O–H groups in total. The van der Waals surface area contributed by atoms with Crippen molar-refractivity contribution in [1.29, 1.82) is 0 Å². The number of ether oxygens (including phenoxy) is 1. The molecule has 0 heterocycles. The van der Waals surface area contributed by atoms with Crippen LogP contribution in [0.15, 0.2) is 18.2 Å². The fourth-order valence-corrected chi connectivity index (χ4v) is 4.20. The zero-order valence-electron chi connectivity index (χ0n) is 24.3. The Hall–Kier alpha value is -2.57. The third-order valence-electron chi connectivity index (χ3n) is 5.99. The van der Waals surface area contributed by atoms with Gasteiger partial charge in [0.2, 0.25) is 11.8 Å². The fourth-order valence-electron chi connectivity index (χ4n) is 4.20. The molecule has 1 rings (SSSR count). The first-order valence-corrected chi connectivity index (χ1v) is 13.3. The topological polar surface area (TPSA) is 87.7 Å². The smallest absolute Gasteiger partial charge is 0.408 e. The molecule has 0 aliphatic carbocycles. The summed E-state index contributed by atoms with van der Waals surface area (Å²) in [4.78, 5) is 42.0. The number of nitrogens with zero attached hydrogens (tertiary/aromatic N) is 1. The Morgan fingerprint density at radius 3 is 2.06 bits per heavy atom. The lowest BCUT2D eigenvalue weighted by molar-refractivity contribution is -0.145. The van der Waals surface area contributed by atoms with E-state index in [4.69, 9.17) is 4.74 Å². The van der Waals surface area contributed by atoms with E-state index in [1.807, 2.05) is 66.7 Å². The minimum atomic E-state index is -0.828. The Labute approximate surface area is 218 Å². The van der Waals surface area contributed by atoms with E-state index in [0.717, 1.165) is 29.5 Å². The predicted molar refractivity (Wildman–Crippen MR) is 146 cm³/mol. The minimum Gasteiger partial charge on any atom is -0.444 e. The Kier molecular flexibility index (Phi) is 11.9. The number of carbonyl (C=O) groups is 3. The van der Waals surface area contributed by atoms with Crippen molar-refractivity contribution in [3.63, 3.8) is 0 Å². The number of hydrogen-bond acceptors (Lipinski definition) is 4. The number of alkyl carbamates (subject to hydrolysis) is 1. The Morgan fingerprint density at radius 1 is 0.972 bits per heavy atom. The molecule has 1 aromatic carbocycles. The zero-order valence-corrected chi connectivity index (χ0v) is 24.3. The molecule has 0 saturated carbocycles. The zero-order chi connectivity index (χ0) is 27.8. The number of amides is 3. The van der Waals surface area contributed by atoms with Gasteiger partial charge in [-0.1, -0.05) is 45.4 Å². The molecule has 7 heteroatoms. The van der Waals surface area contributed by atoms with Crippen LogP contribution in [0.5, 0.6) is 0 Å². The molecule has 3 unspecified atom stereocenters. The number of aryl methyl sites for hydroxylation is 2. The minimum absolute atomic E-state index is 0.0213.